The Balaban J connectivity index is 2.23. The fourth-order valence-electron chi connectivity index (χ4n) is 1.85. The van der Waals surface area contributed by atoms with Gasteiger partial charge in [0.15, 0.2) is 6.10 Å². The molecule has 3 aliphatic rings. The summed E-state index contributed by atoms with van der Waals surface area (Å²) in [6, 6.07) is 0. The third-order valence-electron chi connectivity index (χ3n) is 2.65. The average Bonchev–Trinajstić information content (AvgIpc) is 2.18. The smallest absolute Gasteiger partial charge is 0.367 e. The van der Waals surface area contributed by atoms with Gasteiger partial charge in [-0.1, -0.05) is 0 Å². The number of rotatable bonds is 2. The Morgan fingerprint density at radius 2 is 2.27 bits per heavy atom. The first-order valence-corrected chi connectivity index (χ1v) is 4.56. The van der Waals surface area contributed by atoms with Crippen LogP contribution >= 0.6 is 0 Å². The highest BCUT2D eigenvalue weighted by molar-refractivity contribution is 5.79. The van der Waals surface area contributed by atoms with Crippen molar-refractivity contribution < 1.29 is 34.7 Å². The molecule has 0 saturated carbocycles. The van der Waals surface area contributed by atoms with Gasteiger partial charge in [0.25, 0.3) is 5.79 Å². The molecule has 3 saturated heterocycles. The van der Waals surface area contributed by atoms with E-state index in [1.165, 1.54) is 0 Å². The van der Waals surface area contributed by atoms with E-state index in [4.69, 9.17) is 14.6 Å². The number of aliphatic hydroxyl groups excluding tert-OH is 3. The standard InChI is InChI=1S/C8H12O7/c9-2-4(11)6-5-3(10)1-8(13,15-6)7(12)14-5/h3-6,9-11,13H,1-2H2/t3?,4-,5-,6?,8?/m1/s1. The molecule has 86 valence electrons. The zero-order valence-corrected chi connectivity index (χ0v) is 7.74. The van der Waals surface area contributed by atoms with Crippen molar-refractivity contribution in [3.8, 4) is 0 Å². The minimum Gasteiger partial charge on any atom is -0.453 e. The van der Waals surface area contributed by atoms with Crippen LogP contribution in [0.4, 0.5) is 0 Å². The summed E-state index contributed by atoms with van der Waals surface area (Å²) in [6.07, 6.45) is -4.86. The number of aliphatic hydroxyl groups is 4. The van der Waals surface area contributed by atoms with Crippen LogP contribution in [0.2, 0.25) is 0 Å². The van der Waals surface area contributed by atoms with Crippen LogP contribution in [0.3, 0.4) is 0 Å². The number of fused-ring (bicyclic) bond motifs is 3. The van der Waals surface area contributed by atoms with Crippen molar-refractivity contribution in [2.75, 3.05) is 6.61 Å². The lowest BCUT2D eigenvalue weighted by molar-refractivity contribution is -0.348. The van der Waals surface area contributed by atoms with Gasteiger partial charge < -0.3 is 29.9 Å². The van der Waals surface area contributed by atoms with Gasteiger partial charge in [-0.25, -0.2) is 4.79 Å². The Labute approximate surface area is 84.8 Å². The van der Waals surface area contributed by atoms with Crippen LogP contribution in [0.25, 0.3) is 0 Å². The second-order valence-electron chi connectivity index (χ2n) is 3.76. The van der Waals surface area contributed by atoms with Gasteiger partial charge in [0.05, 0.1) is 12.7 Å². The van der Waals surface area contributed by atoms with Crippen molar-refractivity contribution >= 4 is 5.97 Å². The van der Waals surface area contributed by atoms with Crippen LogP contribution in [0.5, 0.6) is 0 Å². The maximum Gasteiger partial charge on any atom is 0.367 e. The summed E-state index contributed by atoms with van der Waals surface area (Å²) in [5.74, 6) is -3.19. The molecule has 0 amide bonds. The quantitative estimate of drug-likeness (QED) is 0.369. The van der Waals surface area contributed by atoms with Gasteiger partial charge in [-0.15, -0.1) is 0 Å². The van der Waals surface area contributed by atoms with E-state index in [0.717, 1.165) is 0 Å². The van der Waals surface area contributed by atoms with Gasteiger partial charge in [-0.3, -0.25) is 0 Å². The van der Waals surface area contributed by atoms with Gasteiger partial charge in [-0.2, -0.15) is 0 Å². The van der Waals surface area contributed by atoms with Crippen LogP contribution in [0.15, 0.2) is 0 Å². The number of ether oxygens (including phenoxy) is 2. The van der Waals surface area contributed by atoms with E-state index in [0.29, 0.717) is 0 Å². The first-order valence-electron chi connectivity index (χ1n) is 4.56. The molecule has 7 heteroatoms. The molecule has 0 aromatic heterocycles. The van der Waals surface area contributed by atoms with E-state index in [2.05, 4.69) is 0 Å². The van der Waals surface area contributed by atoms with Crippen LogP contribution in [0, 0.1) is 0 Å². The molecule has 3 heterocycles. The summed E-state index contributed by atoms with van der Waals surface area (Å²) in [4.78, 5) is 11.1. The lowest BCUT2D eigenvalue weighted by Gasteiger charge is -2.48. The third kappa shape index (κ3) is 1.52. The van der Waals surface area contributed by atoms with Crippen LogP contribution < -0.4 is 0 Å². The van der Waals surface area contributed by atoms with Crippen molar-refractivity contribution in [3.63, 3.8) is 0 Å². The summed E-state index contributed by atoms with van der Waals surface area (Å²) < 4.78 is 9.62. The Kier molecular flexibility index (Phi) is 2.44. The molecule has 15 heavy (non-hydrogen) atoms. The summed E-state index contributed by atoms with van der Waals surface area (Å²) in [6.45, 7) is -0.610. The molecule has 0 radical (unpaired) electrons. The maximum atomic E-state index is 11.1. The molecular weight excluding hydrogens is 208 g/mol. The molecule has 3 fully saturated rings. The maximum absolute atomic E-state index is 11.1. The van der Waals surface area contributed by atoms with Crippen molar-refractivity contribution in [2.45, 2.75) is 36.6 Å². The number of hydrogen-bond donors (Lipinski definition) is 4. The van der Waals surface area contributed by atoms with Crippen molar-refractivity contribution in [2.24, 2.45) is 0 Å². The Bertz CT molecular complexity index is 280. The highest BCUT2D eigenvalue weighted by Gasteiger charge is 2.60. The molecular formula is C8H12O7. The molecule has 0 aromatic carbocycles. The second-order valence-corrected chi connectivity index (χ2v) is 3.76. The summed E-state index contributed by atoms with van der Waals surface area (Å²) in [7, 11) is 0. The van der Waals surface area contributed by atoms with E-state index in [-0.39, 0.29) is 6.42 Å². The first kappa shape index (κ1) is 10.8. The highest BCUT2D eigenvalue weighted by atomic mass is 16.7. The number of esters is 1. The van der Waals surface area contributed by atoms with E-state index >= 15 is 0 Å². The van der Waals surface area contributed by atoms with Gasteiger partial charge in [0, 0.05) is 6.42 Å². The lowest BCUT2D eigenvalue weighted by Crippen LogP contribution is -2.68. The molecule has 0 aliphatic carbocycles. The monoisotopic (exact) mass is 220 g/mol. The SMILES string of the molecule is O=C1O[C@@H]2C(O)CC1(O)OC2[C@H](O)CO. The van der Waals surface area contributed by atoms with Crippen molar-refractivity contribution in [1.29, 1.82) is 0 Å². The fraction of sp³-hybridized carbons (Fsp3) is 0.875. The van der Waals surface area contributed by atoms with Crippen molar-refractivity contribution in [3.05, 3.63) is 0 Å². The van der Waals surface area contributed by atoms with E-state index in [1.54, 1.807) is 0 Å². The zero-order chi connectivity index (χ0) is 11.2. The van der Waals surface area contributed by atoms with Crippen LogP contribution in [0.1, 0.15) is 6.42 Å². The molecule has 5 atom stereocenters. The predicted octanol–water partition coefficient (Wildman–Crippen LogP) is -2.90. The Morgan fingerprint density at radius 1 is 1.60 bits per heavy atom. The molecule has 2 bridgehead atoms. The van der Waals surface area contributed by atoms with E-state index < -0.39 is 42.8 Å². The second kappa shape index (κ2) is 3.39. The number of carbonyl (C=O) groups excluding carboxylic acids is 1. The molecule has 0 spiro atoms. The van der Waals surface area contributed by atoms with Crippen LogP contribution in [-0.4, -0.2) is 63.2 Å². The Morgan fingerprint density at radius 3 is 2.80 bits per heavy atom. The molecule has 0 aromatic rings. The molecule has 3 unspecified atom stereocenters. The molecule has 7 nitrogen and oxygen atoms in total. The average molecular weight is 220 g/mol. The fourth-order valence-corrected chi connectivity index (χ4v) is 1.85. The van der Waals surface area contributed by atoms with Crippen LogP contribution in [-0.2, 0) is 14.3 Å². The Hall–Kier alpha value is -0.730. The largest absolute Gasteiger partial charge is 0.453 e. The molecule has 4 N–H and O–H groups in total. The first-order chi connectivity index (χ1) is 6.98. The normalized spacial score (nSPS) is 46.4. The number of carbonyl (C=O) groups is 1. The number of hydrogen-bond acceptors (Lipinski definition) is 7. The van der Waals surface area contributed by atoms with Gasteiger partial charge in [0.2, 0.25) is 0 Å². The molecule has 3 rings (SSSR count). The third-order valence-corrected chi connectivity index (χ3v) is 2.65. The molecule has 3 aliphatic heterocycles. The van der Waals surface area contributed by atoms with Gasteiger partial charge in [0.1, 0.15) is 12.2 Å². The topological polar surface area (TPSA) is 116 Å². The van der Waals surface area contributed by atoms with Gasteiger partial charge >= 0.3 is 5.97 Å². The summed E-state index contributed by atoms with van der Waals surface area (Å²) >= 11 is 0. The van der Waals surface area contributed by atoms with Gasteiger partial charge in [-0.05, 0) is 0 Å². The summed E-state index contributed by atoms with van der Waals surface area (Å²) in [5, 5.41) is 37.2. The highest BCUT2D eigenvalue weighted by Crippen LogP contribution is 2.37. The van der Waals surface area contributed by atoms with E-state index in [9.17, 15) is 20.1 Å². The van der Waals surface area contributed by atoms with E-state index in [1.807, 2.05) is 0 Å². The van der Waals surface area contributed by atoms with Crippen molar-refractivity contribution in [1.82, 2.24) is 0 Å². The lowest BCUT2D eigenvalue weighted by atomic mass is 9.89. The summed E-state index contributed by atoms with van der Waals surface area (Å²) in [5.41, 5.74) is 0. The zero-order valence-electron chi connectivity index (χ0n) is 7.74. The minimum absolute atomic E-state index is 0.287. The predicted molar refractivity (Wildman–Crippen MR) is 43.4 cm³/mol. The minimum atomic E-state index is -2.21.